The van der Waals surface area contributed by atoms with Crippen LogP contribution < -0.4 is 0 Å². The van der Waals surface area contributed by atoms with E-state index in [1.165, 1.54) is 0 Å². The van der Waals surface area contributed by atoms with Crippen molar-refractivity contribution >= 4 is 16.8 Å². The van der Waals surface area contributed by atoms with Gasteiger partial charge in [0.15, 0.2) is 5.69 Å². The molecule has 0 aliphatic carbocycles. The SMILES string of the molecule is CN(C)CC1CN(C(=O)c2nn(C)c3ccccc23)Cc2ccnn2C1. The number of nitrogens with zero attached hydrogens (tertiary/aromatic N) is 6. The van der Waals surface area contributed by atoms with Crippen LogP contribution in [0, 0.1) is 5.92 Å². The van der Waals surface area contributed by atoms with Gasteiger partial charge in [0.2, 0.25) is 0 Å². The van der Waals surface area contributed by atoms with Crippen molar-refractivity contribution in [3.63, 3.8) is 0 Å². The van der Waals surface area contributed by atoms with Crippen LogP contribution in [0.4, 0.5) is 0 Å². The molecule has 0 saturated heterocycles. The Kier molecular flexibility index (Phi) is 4.24. The van der Waals surface area contributed by atoms with Crippen molar-refractivity contribution in [2.45, 2.75) is 13.1 Å². The first kappa shape index (κ1) is 16.8. The van der Waals surface area contributed by atoms with Gasteiger partial charge in [-0.3, -0.25) is 14.2 Å². The summed E-state index contributed by atoms with van der Waals surface area (Å²) < 4.78 is 3.81. The second-order valence-electron chi connectivity index (χ2n) is 7.31. The van der Waals surface area contributed by atoms with Crippen LogP contribution >= 0.6 is 0 Å². The monoisotopic (exact) mass is 352 g/mol. The molecular weight excluding hydrogens is 328 g/mol. The number of carbonyl (C=O) groups excluding carboxylic acids is 1. The van der Waals surface area contributed by atoms with E-state index in [9.17, 15) is 4.79 Å². The third-order valence-electron chi connectivity index (χ3n) is 4.94. The molecule has 7 nitrogen and oxygen atoms in total. The molecule has 7 heteroatoms. The van der Waals surface area contributed by atoms with E-state index in [-0.39, 0.29) is 5.91 Å². The first-order chi connectivity index (χ1) is 12.5. The summed E-state index contributed by atoms with van der Waals surface area (Å²) in [6.45, 7) is 3.00. The van der Waals surface area contributed by atoms with E-state index in [1.54, 1.807) is 4.68 Å². The molecule has 136 valence electrons. The molecule has 0 saturated carbocycles. The van der Waals surface area contributed by atoms with E-state index in [4.69, 9.17) is 0 Å². The number of hydrogen-bond acceptors (Lipinski definition) is 4. The van der Waals surface area contributed by atoms with Crippen molar-refractivity contribution in [1.29, 1.82) is 0 Å². The van der Waals surface area contributed by atoms with Crippen LogP contribution in [0.2, 0.25) is 0 Å². The van der Waals surface area contributed by atoms with Crippen molar-refractivity contribution < 1.29 is 4.79 Å². The van der Waals surface area contributed by atoms with Gasteiger partial charge in [-0.15, -0.1) is 0 Å². The molecule has 0 bridgehead atoms. The molecule has 1 aromatic carbocycles. The largest absolute Gasteiger partial charge is 0.331 e. The topological polar surface area (TPSA) is 59.2 Å². The average molecular weight is 352 g/mol. The second-order valence-corrected chi connectivity index (χ2v) is 7.31. The van der Waals surface area contributed by atoms with Crippen LogP contribution in [0.15, 0.2) is 36.5 Å². The summed E-state index contributed by atoms with van der Waals surface area (Å²) >= 11 is 0. The van der Waals surface area contributed by atoms with Gasteiger partial charge in [0.25, 0.3) is 5.91 Å². The summed E-state index contributed by atoms with van der Waals surface area (Å²) in [5.74, 6) is 0.310. The minimum Gasteiger partial charge on any atom is -0.331 e. The zero-order chi connectivity index (χ0) is 18.3. The molecule has 4 rings (SSSR count). The molecule has 1 aliphatic heterocycles. The molecule has 1 unspecified atom stereocenters. The van der Waals surface area contributed by atoms with E-state index >= 15 is 0 Å². The maximum Gasteiger partial charge on any atom is 0.275 e. The number of fused-ring (bicyclic) bond motifs is 2. The van der Waals surface area contributed by atoms with Gasteiger partial charge >= 0.3 is 0 Å². The zero-order valence-electron chi connectivity index (χ0n) is 15.5. The molecule has 0 N–H and O–H groups in total. The number of rotatable bonds is 3. The van der Waals surface area contributed by atoms with Crippen molar-refractivity contribution in [2.75, 3.05) is 27.2 Å². The van der Waals surface area contributed by atoms with Gasteiger partial charge in [-0.1, -0.05) is 18.2 Å². The Hall–Kier alpha value is -2.67. The van der Waals surface area contributed by atoms with Gasteiger partial charge in [-0.2, -0.15) is 10.2 Å². The third kappa shape index (κ3) is 2.99. The molecule has 0 radical (unpaired) electrons. The Morgan fingerprint density at radius 2 is 2.04 bits per heavy atom. The highest BCUT2D eigenvalue weighted by Crippen LogP contribution is 2.22. The van der Waals surface area contributed by atoms with Crippen molar-refractivity contribution in [2.24, 2.45) is 13.0 Å². The van der Waals surface area contributed by atoms with E-state index in [2.05, 4.69) is 29.2 Å². The average Bonchev–Trinajstić information content (AvgIpc) is 3.13. The number of para-hydroxylation sites is 1. The summed E-state index contributed by atoms with van der Waals surface area (Å²) in [7, 11) is 6.01. The van der Waals surface area contributed by atoms with Crippen LogP contribution in [0.25, 0.3) is 10.9 Å². The predicted molar refractivity (Wildman–Crippen MR) is 99.7 cm³/mol. The minimum absolute atomic E-state index is 0.0137. The fraction of sp³-hybridized carbons (Fsp3) is 0.421. The Morgan fingerprint density at radius 1 is 1.23 bits per heavy atom. The summed E-state index contributed by atoms with van der Waals surface area (Å²) in [5, 5.41) is 9.86. The van der Waals surface area contributed by atoms with E-state index in [0.29, 0.717) is 24.7 Å². The van der Waals surface area contributed by atoms with Crippen LogP contribution in [-0.2, 0) is 20.1 Å². The molecule has 26 heavy (non-hydrogen) atoms. The van der Waals surface area contributed by atoms with E-state index in [1.807, 2.05) is 53.2 Å². The minimum atomic E-state index is -0.0137. The van der Waals surface area contributed by atoms with Crippen molar-refractivity contribution in [3.8, 4) is 0 Å². The predicted octanol–water partition coefficient (Wildman–Crippen LogP) is 1.60. The van der Waals surface area contributed by atoms with Crippen LogP contribution in [0.5, 0.6) is 0 Å². The molecular formula is C19H24N6O. The highest BCUT2D eigenvalue weighted by molar-refractivity contribution is 6.04. The number of hydrogen-bond donors (Lipinski definition) is 0. The number of carbonyl (C=O) groups is 1. The maximum absolute atomic E-state index is 13.3. The lowest BCUT2D eigenvalue weighted by Crippen LogP contribution is -2.37. The Balaban J connectivity index is 1.69. The highest BCUT2D eigenvalue weighted by Gasteiger charge is 2.29. The fourth-order valence-corrected chi connectivity index (χ4v) is 3.84. The van der Waals surface area contributed by atoms with Crippen LogP contribution in [-0.4, -0.2) is 62.5 Å². The number of aryl methyl sites for hydroxylation is 1. The Morgan fingerprint density at radius 3 is 2.85 bits per heavy atom. The number of amides is 1. The van der Waals surface area contributed by atoms with Gasteiger partial charge in [0, 0.05) is 44.2 Å². The van der Waals surface area contributed by atoms with E-state index < -0.39 is 0 Å². The standard InChI is InChI=1S/C19H24N6O/c1-22(2)10-14-11-24(13-15-8-9-20-25(15)12-14)19(26)18-16-6-4-5-7-17(16)23(3)21-18/h4-9,14H,10-13H2,1-3H3. The quantitative estimate of drug-likeness (QED) is 0.718. The fourth-order valence-electron chi connectivity index (χ4n) is 3.84. The summed E-state index contributed by atoms with van der Waals surface area (Å²) in [4.78, 5) is 17.4. The lowest BCUT2D eigenvalue weighted by molar-refractivity contribution is 0.0707. The highest BCUT2D eigenvalue weighted by atomic mass is 16.2. The van der Waals surface area contributed by atoms with Gasteiger partial charge in [0.1, 0.15) is 0 Å². The lowest BCUT2D eigenvalue weighted by atomic mass is 10.1. The Labute approximate surface area is 152 Å². The summed E-state index contributed by atoms with van der Waals surface area (Å²) in [6.07, 6.45) is 1.81. The molecule has 1 aliphatic rings. The normalized spacial score (nSPS) is 17.5. The van der Waals surface area contributed by atoms with Gasteiger partial charge < -0.3 is 9.80 Å². The first-order valence-corrected chi connectivity index (χ1v) is 8.89. The van der Waals surface area contributed by atoms with E-state index in [0.717, 1.165) is 29.7 Å². The van der Waals surface area contributed by atoms with Gasteiger partial charge in [-0.05, 0) is 26.2 Å². The van der Waals surface area contributed by atoms with Crippen LogP contribution in [0.3, 0.4) is 0 Å². The lowest BCUT2D eigenvalue weighted by Gasteiger charge is -2.25. The summed E-state index contributed by atoms with van der Waals surface area (Å²) in [5.41, 5.74) is 2.57. The smallest absolute Gasteiger partial charge is 0.275 e. The van der Waals surface area contributed by atoms with Gasteiger partial charge in [-0.25, -0.2) is 0 Å². The molecule has 3 aromatic rings. The van der Waals surface area contributed by atoms with Crippen molar-refractivity contribution in [1.82, 2.24) is 29.4 Å². The van der Waals surface area contributed by atoms with Crippen LogP contribution in [0.1, 0.15) is 16.2 Å². The second kappa shape index (κ2) is 6.57. The number of aromatic nitrogens is 4. The zero-order valence-corrected chi connectivity index (χ0v) is 15.5. The third-order valence-corrected chi connectivity index (χ3v) is 4.94. The first-order valence-electron chi connectivity index (χ1n) is 8.89. The number of benzene rings is 1. The summed E-state index contributed by atoms with van der Waals surface area (Å²) in [6, 6.07) is 9.87. The molecule has 3 heterocycles. The Bertz CT molecular complexity index is 941. The van der Waals surface area contributed by atoms with Gasteiger partial charge in [0.05, 0.1) is 17.8 Å². The molecule has 0 spiro atoms. The molecule has 2 aromatic heterocycles. The molecule has 1 atom stereocenters. The molecule has 0 fully saturated rings. The molecule has 1 amide bonds. The maximum atomic E-state index is 13.3. The van der Waals surface area contributed by atoms with Crippen molar-refractivity contribution in [3.05, 3.63) is 47.9 Å².